The van der Waals surface area contributed by atoms with Crippen LogP contribution in [0.25, 0.3) is 0 Å². The molecule has 0 aromatic carbocycles. The Morgan fingerprint density at radius 2 is 0.957 bits per heavy atom. The summed E-state index contributed by atoms with van der Waals surface area (Å²) < 4.78 is 5.53. The van der Waals surface area contributed by atoms with Crippen molar-refractivity contribution >= 4 is 80.6 Å². The van der Waals surface area contributed by atoms with E-state index in [1.54, 1.807) is 0 Å². The summed E-state index contributed by atoms with van der Waals surface area (Å²) in [4.78, 5) is 0. The van der Waals surface area contributed by atoms with Gasteiger partial charge in [0.05, 0.1) is 6.61 Å². The fourth-order valence-electron chi connectivity index (χ4n) is 2.81. The van der Waals surface area contributed by atoms with Crippen molar-refractivity contribution in [3.05, 3.63) is 0 Å². The van der Waals surface area contributed by atoms with Crippen LogP contribution in [-0.2, 0) is 4.74 Å². The van der Waals surface area contributed by atoms with Crippen molar-refractivity contribution in [3.8, 4) is 0 Å². The molecule has 0 aromatic rings. The normalized spacial score (nSPS) is 10.3. The van der Waals surface area contributed by atoms with E-state index in [-0.39, 0.29) is 51.4 Å². The molecule has 0 atom stereocenters. The topological polar surface area (TPSA) is 9.23 Å². The van der Waals surface area contributed by atoms with Gasteiger partial charge < -0.3 is 4.74 Å². The molecule has 0 spiro atoms. The first-order valence-electron chi connectivity index (χ1n) is 9.63. The van der Waals surface area contributed by atoms with Crippen molar-refractivity contribution in [1.29, 1.82) is 0 Å². The first-order valence-corrected chi connectivity index (χ1v) is 10.5. The van der Waals surface area contributed by atoms with Crippen LogP contribution in [0.3, 0.4) is 0 Å². The van der Waals surface area contributed by atoms with Crippen LogP contribution in [0.1, 0.15) is 110 Å². The van der Waals surface area contributed by atoms with E-state index in [9.17, 15) is 0 Å². The van der Waals surface area contributed by atoms with Crippen molar-refractivity contribution in [2.75, 3.05) is 6.61 Å². The monoisotopic (exact) mass is 386 g/mol. The predicted molar refractivity (Wildman–Crippen MR) is 114 cm³/mol. The molecule has 0 saturated heterocycles. The molecule has 1 nitrogen and oxygen atoms in total. The van der Waals surface area contributed by atoms with Crippen molar-refractivity contribution in [3.63, 3.8) is 0 Å². The molecule has 0 amide bonds. The molecule has 0 rings (SSSR count). The molecule has 0 aliphatic rings. The van der Waals surface area contributed by atoms with Gasteiger partial charge in [0.25, 0.3) is 0 Å². The predicted octanol–water partition coefficient (Wildman–Crippen LogP) is 6.83. The van der Waals surface area contributed by atoms with Gasteiger partial charge in [-0.3, -0.25) is 0 Å². The van der Waals surface area contributed by atoms with Gasteiger partial charge in [-0.2, -0.15) is 0 Å². The van der Waals surface area contributed by atoms with Gasteiger partial charge in [0.2, 0.25) is 4.38 Å². The summed E-state index contributed by atoms with van der Waals surface area (Å²) in [5.74, 6) is 0. The van der Waals surface area contributed by atoms with E-state index in [2.05, 4.69) is 19.6 Å². The third kappa shape index (κ3) is 26.2. The Hall–Kier alpha value is 1.88. The third-order valence-corrected chi connectivity index (χ3v) is 4.47. The van der Waals surface area contributed by atoms with Gasteiger partial charge in [-0.15, -0.1) is 0 Å². The Balaban J connectivity index is 0. The fraction of sp³-hybridized carbons (Fsp3) is 0.947. The SMILES string of the molecule is CCCCCCCCCCCCCCCCCCOC(=S)S.[KH]. The summed E-state index contributed by atoms with van der Waals surface area (Å²) in [5, 5.41) is 0. The molecule has 0 bridgehead atoms. The zero-order valence-corrected chi connectivity index (χ0v) is 16.5. The van der Waals surface area contributed by atoms with E-state index in [4.69, 9.17) is 17.0 Å². The Kier molecular flexibility index (Phi) is 28.1. The zero-order valence-electron chi connectivity index (χ0n) is 14.8. The van der Waals surface area contributed by atoms with Gasteiger partial charge in [-0.05, 0) is 18.6 Å². The van der Waals surface area contributed by atoms with E-state index in [1.807, 2.05) is 0 Å². The Labute approximate surface area is 199 Å². The van der Waals surface area contributed by atoms with Crippen molar-refractivity contribution in [2.45, 2.75) is 110 Å². The molecule has 0 saturated carbocycles. The second kappa shape index (κ2) is 23.9. The van der Waals surface area contributed by atoms with Crippen molar-refractivity contribution in [1.82, 2.24) is 0 Å². The Morgan fingerprint density at radius 3 is 1.26 bits per heavy atom. The molecule has 0 N–H and O–H groups in total. The molecule has 134 valence electrons. The molecule has 23 heavy (non-hydrogen) atoms. The van der Waals surface area contributed by atoms with Gasteiger partial charge in [-0.1, -0.05) is 116 Å². The Morgan fingerprint density at radius 1 is 0.652 bits per heavy atom. The van der Waals surface area contributed by atoms with Crippen LogP contribution < -0.4 is 0 Å². The van der Waals surface area contributed by atoms with Crippen LogP contribution in [-0.4, -0.2) is 62.4 Å². The fourth-order valence-corrected chi connectivity index (χ4v) is 2.98. The van der Waals surface area contributed by atoms with E-state index >= 15 is 0 Å². The van der Waals surface area contributed by atoms with Gasteiger partial charge in [0, 0.05) is 0 Å². The molecule has 0 unspecified atom stereocenters. The first kappa shape index (κ1) is 27.1. The number of rotatable bonds is 17. The number of hydrogen-bond donors (Lipinski definition) is 1. The van der Waals surface area contributed by atoms with Gasteiger partial charge >= 0.3 is 51.4 Å². The minimum atomic E-state index is 0. The number of unbranched alkanes of at least 4 members (excludes halogenated alkanes) is 15. The maximum absolute atomic E-state index is 5.16. The van der Waals surface area contributed by atoms with Crippen LogP contribution in [0.2, 0.25) is 0 Å². The van der Waals surface area contributed by atoms with Gasteiger partial charge in [0.1, 0.15) is 0 Å². The van der Waals surface area contributed by atoms with Crippen LogP contribution in [0.5, 0.6) is 0 Å². The van der Waals surface area contributed by atoms with Crippen LogP contribution in [0.15, 0.2) is 0 Å². The van der Waals surface area contributed by atoms with Crippen molar-refractivity contribution in [2.24, 2.45) is 0 Å². The number of hydrogen-bond acceptors (Lipinski definition) is 2. The molecule has 0 aliphatic carbocycles. The molecule has 0 fully saturated rings. The molecular weight excluding hydrogens is 347 g/mol. The van der Waals surface area contributed by atoms with Crippen molar-refractivity contribution < 1.29 is 4.74 Å². The molecular formula is C19H39KOS2. The standard InChI is InChI=1S/C19H38OS2.K.H/c1-2-3-4-5-6-7-8-9-10-11-12-13-14-15-16-17-18-20-19(21)22;;/h2-18H2,1H3,(H,21,22);;. The van der Waals surface area contributed by atoms with E-state index in [1.165, 1.54) is 96.3 Å². The number of thiol groups is 1. The quantitative estimate of drug-likeness (QED) is 0.127. The average Bonchev–Trinajstić information content (AvgIpc) is 2.50. The molecule has 4 heteroatoms. The second-order valence-electron chi connectivity index (χ2n) is 6.42. The van der Waals surface area contributed by atoms with E-state index < -0.39 is 0 Å². The Bertz CT molecular complexity index is 237. The van der Waals surface area contributed by atoms with E-state index in [0.29, 0.717) is 4.38 Å². The van der Waals surface area contributed by atoms with Gasteiger partial charge in [-0.25, -0.2) is 0 Å². The van der Waals surface area contributed by atoms with Crippen LogP contribution in [0, 0.1) is 0 Å². The molecule has 0 radical (unpaired) electrons. The van der Waals surface area contributed by atoms with Crippen LogP contribution >= 0.6 is 24.8 Å². The maximum atomic E-state index is 5.16. The summed E-state index contributed by atoms with van der Waals surface area (Å²) in [6.07, 6.45) is 22.3. The number of thiocarbonyl (C=S) groups is 1. The zero-order chi connectivity index (χ0) is 16.3. The van der Waals surface area contributed by atoms with E-state index in [0.717, 1.165) is 13.0 Å². The number of ether oxygens (including phenoxy) is 1. The third-order valence-electron chi connectivity index (χ3n) is 4.22. The molecule has 0 aromatic heterocycles. The summed E-state index contributed by atoms with van der Waals surface area (Å²) in [6, 6.07) is 0. The average molecular weight is 387 g/mol. The molecule has 0 aliphatic heterocycles. The van der Waals surface area contributed by atoms with Gasteiger partial charge in [0.15, 0.2) is 0 Å². The second-order valence-corrected chi connectivity index (χ2v) is 7.50. The first-order chi connectivity index (χ1) is 10.8. The van der Waals surface area contributed by atoms with Crippen LogP contribution in [0.4, 0.5) is 0 Å². The molecule has 0 heterocycles. The summed E-state index contributed by atoms with van der Waals surface area (Å²) >= 11 is 8.69. The summed E-state index contributed by atoms with van der Waals surface area (Å²) in [6.45, 7) is 3.02. The summed E-state index contributed by atoms with van der Waals surface area (Å²) in [7, 11) is 0. The minimum absolute atomic E-state index is 0. The summed E-state index contributed by atoms with van der Waals surface area (Å²) in [5.41, 5.74) is 0.